The van der Waals surface area contributed by atoms with Crippen molar-refractivity contribution in [2.45, 2.75) is 32.4 Å². The molecule has 1 atom stereocenters. The van der Waals surface area contributed by atoms with Crippen LogP contribution in [0.25, 0.3) is 0 Å². The first kappa shape index (κ1) is 15.4. The molecule has 0 spiro atoms. The van der Waals surface area contributed by atoms with Gasteiger partial charge in [0.25, 0.3) is 5.69 Å². The number of nitrogens with one attached hydrogen (secondary N) is 1. The second-order valence-corrected chi connectivity index (χ2v) is 4.81. The van der Waals surface area contributed by atoms with Crippen LogP contribution in [0.15, 0.2) is 18.2 Å². The molecule has 1 aromatic carbocycles. The molecule has 0 fully saturated rings. The molecular weight excluding hydrogens is 272 g/mol. The van der Waals surface area contributed by atoms with E-state index >= 15 is 0 Å². The lowest BCUT2D eigenvalue weighted by Gasteiger charge is -2.24. The first-order valence-electron chi connectivity index (χ1n) is 5.71. The van der Waals surface area contributed by atoms with Crippen molar-refractivity contribution in [1.29, 1.82) is 0 Å². The third kappa shape index (κ3) is 3.65. The number of nitro groups is 1. The van der Waals surface area contributed by atoms with E-state index in [1.807, 2.05) is 0 Å². The molecule has 0 aliphatic carbocycles. The molecule has 0 saturated carbocycles. The highest BCUT2D eigenvalue weighted by Gasteiger charge is 2.31. The van der Waals surface area contributed by atoms with Gasteiger partial charge in [-0.1, -0.05) is 18.5 Å². The quantitative estimate of drug-likeness (QED) is 0.619. The summed E-state index contributed by atoms with van der Waals surface area (Å²) >= 11 is 5.80. The summed E-state index contributed by atoms with van der Waals surface area (Å²) in [4.78, 5) is 21.5. The number of hydrogen-bond donors (Lipinski definition) is 2. The zero-order valence-electron chi connectivity index (χ0n) is 10.6. The molecule has 1 unspecified atom stereocenters. The average molecular weight is 287 g/mol. The fourth-order valence-electron chi connectivity index (χ4n) is 1.52. The smallest absolute Gasteiger partial charge is 0.323 e. The van der Waals surface area contributed by atoms with E-state index in [4.69, 9.17) is 16.7 Å². The van der Waals surface area contributed by atoms with E-state index in [9.17, 15) is 14.9 Å². The van der Waals surface area contributed by atoms with Crippen LogP contribution in [0.2, 0.25) is 5.02 Å². The van der Waals surface area contributed by atoms with Crippen molar-refractivity contribution in [3.63, 3.8) is 0 Å². The van der Waals surface area contributed by atoms with E-state index in [2.05, 4.69) is 5.32 Å². The number of rotatable bonds is 6. The molecule has 0 aromatic heterocycles. The van der Waals surface area contributed by atoms with E-state index in [0.717, 1.165) is 0 Å². The molecule has 0 heterocycles. The van der Waals surface area contributed by atoms with Gasteiger partial charge in [0, 0.05) is 23.2 Å². The minimum absolute atomic E-state index is 0.0630. The Balaban J connectivity index is 2.97. The molecule has 0 aliphatic rings. The Bertz CT molecular complexity index is 507. The minimum atomic E-state index is -1.13. The van der Waals surface area contributed by atoms with Gasteiger partial charge in [0.1, 0.15) is 5.54 Å². The molecule has 2 N–H and O–H groups in total. The van der Waals surface area contributed by atoms with Crippen molar-refractivity contribution in [2.75, 3.05) is 0 Å². The van der Waals surface area contributed by atoms with Crippen LogP contribution in [-0.2, 0) is 11.3 Å². The number of carboxylic acid groups (broad SMARTS) is 1. The molecule has 6 nitrogen and oxygen atoms in total. The third-order valence-corrected chi connectivity index (χ3v) is 3.32. The summed E-state index contributed by atoms with van der Waals surface area (Å²) in [7, 11) is 0. The van der Waals surface area contributed by atoms with E-state index in [1.165, 1.54) is 25.1 Å². The van der Waals surface area contributed by atoms with Gasteiger partial charge < -0.3 is 5.11 Å². The normalized spacial score (nSPS) is 13.8. The lowest BCUT2D eigenvalue weighted by Crippen LogP contribution is -2.48. The van der Waals surface area contributed by atoms with Crippen LogP contribution >= 0.6 is 11.6 Å². The van der Waals surface area contributed by atoms with Gasteiger partial charge in [-0.25, -0.2) is 0 Å². The Morgan fingerprint density at radius 1 is 1.58 bits per heavy atom. The summed E-state index contributed by atoms with van der Waals surface area (Å²) in [6.07, 6.45) is 0.358. The van der Waals surface area contributed by atoms with Crippen molar-refractivity contribution >= 4 is 23.3 Å². The number of hydrogen-bond acceptors (Lipinski definition) is 4. The maximum Gasteiger partial charge on any atom is 0.323 e. The highest BCUT2D eigenvalue weighted by atomic mass is 35.5. The molecule has 7 heteroatoms. The third-order valence-electron chi connectivity index (χ3n) is 3.09. The van der Waals surface area contributed by atoms with Gasteiger partial charge in [0.2, 0.25) is 0 Å². The Morgan fingerprint density at radius 3 is 2.68 bits per heavy atom. The predicted octanol–water partition coefficient (Wildman–Crippen LogP) is 2.59. The summed E-state index contributed by atoms with van der Waals surface area (Å²) in [6.45, 7) is 3.33. The summed E-state index contributed by atoms with van der Waals surface area (Å²) in [5.74, 6) is -1.00. The molecule has 0 saturated heterocycles. The number of halogens is 1. The number of nitrogens with zero attached hydrogens (tertiary/aromatic N) is 1. The molecule has 0 amide bonds. The summed E-state index contributed by atoms with van der Waals surface area (Å²) in [5, 5.41) is 23.2. The first-order valence-corrected chi connectivity index (χ1v) is 6.09. The van der Waals surface area contributed by atoms with Crippen LogP contribution in [0.4, 0.5) is 5.69 Å². The zero-order valence-corrected chi connectivity index (χ0v) is 11.4. The number of carboxylic acids is 1. The number of nitro benzene ring substituents is 1. The Labute approximate surface area is 115 Å². The van der Waals surface area contributed by atoms with Gasteiger partial charge >= 0.3 is 5.97 Å². The first-order chi connectivity index (χ1) is 8.80. The highest BCUT2D eigenvalue weighted by Crippen LogP contribution is 2.23. The van der Waals surface area contributed by atoms with Crippen LogP contribution in [-0.4, -0.2) is 21.5 Å². The minimum Gasteiger partial charge on any atom is -0.480 e. The number of carbonyl (C=O) groups is 1. The van der Waals surface area contributed by atoms with E-state index in [1.54, 1.807) is 6.92 Å². The SMILES string of the molecule is CCC(C)(NCc1cc(Cl)ccc1[N+](=O)[O-])C(=O)O. The second kappa shape index (κ2) is 5.99. The molecule has 1 rings (SSSR count). The number of aliphatic carboxylic acids is 1. The highest BCUT2D eigenvalue weighted by molar-refractivity contribution is 6.30. The van der Waals surface area contributed by atoms with Crippen LogP contribution in [0, 0.1) is 10.1 Å². The Morgan fingerprint density at radius 2 is 2.21 bits per heavy atom. The fraction of sp³-hybridized carbons (Fsp3) is 0.417. The molecule has 1 aromatic rings. The molecule has 0 aliphatic heterocycles. The van der Waals surface area contributed by atoms with Gasteiger partial charge in [-0.2, -0.15) is 0 Å². The topological polar surface area (TPSA) is 92.5 Å². The second-order valence-electron chi connectivity index (χ2n) is 4.37. The largest absolute Gasteiger partial charge is 0.480 e. The Hall–Kier alpha value is -1.66. The van der Waals surface area contributed by atoms with Gasteiger partial charge in [-0.15, -0.1) is 0 Å². The van der Waals surface area contributed by atoms with Crippen molar-refractivity contribution in [1.82, 2.24) is 5.32 Å². The van der Waals surface area contributed by atoms with Crippen LogP contribution in [0.5, 0.6) is 0 Å². The molecule has 104 valence electrons. The van der Waals surface area contributed by atoms with Crippen LogP contribution in [0.1, 0.15) is 25.8 Å². The van der Waals surface area contributed by atoms with Crippen molar-refractivity contribution in [2.24, 2.45) is 0 Å². The van der Waals surface area contributed by atoms with Gasteiger partial charge in [-0.3, -0.25) is 20.2 Å². The summed E-state index contributed by atoms with van der Waals surface area (Å²) in [6, 6.07) is 4.20. The average Bonchev–Trinajstić information content (AvgIpc) is 2.35. The summed E-state index contributed by atoms with van der Waals surface area (Å²) in [5.41, 5.74) is -0.852. The van der Waals surface area contributed by atoms with Gasteiger partial charge in [0.05, 0.1) is 4.92 Å². The van der Waals surface area contributed by atoms with Gasteiger partial charge in [0.15, 0.2) is 0 Å². The van der Waals surface area contributed by atoms with Crippen molar-refractivity contribution in [3.05, 3.63) is 38.9 Å². The molecule has 0 radical (unpaired) electrons. The van der Waals surface area contributed by atoms with E-state index in [-0.39, 0.29) is 12.2 Å². The van der Waals surface area contributed by atoms with Crippen molar-refractivity contribution in [3.8, 4) is 0 Å². The molecular formula is C12H15ClN2O4. The van der Waals surface area contributed by atoms with E-state index in [0.29, 0.717) is 17.0 Å². The predicted molar refractivity (Wildman–Crippen MR) is 71.3 cm³/mol. The maximum absolute atomic E-state index is 11.1. The van der Waals surface area contributed by atoms with Gasteiger partial charge in [-0.05, 0) is 25.5 Å². The maximum atomic E-state index is 11.1. The summed E-state index contributed by atoms with van der Waals surface area (Å²) < 4.78 is 0. The molecule has 0 bridgehead atoms. The molecule has 19 heavy (non-hydrogen) atoms. The monoisotopic (exact) mass is 286 g/mol. The van der Waals surface area contributed by atoms with Crippen LogP contribution < -0.4 is 5.32 Å². The van der Waals surface area contributed by atoms with Crippen molar-refractivity contribution < 1.29 is 14.8 Å². The zero-order chi connectivity index (χ0) is 14.6. The lowest BCUT2D eigenvalue weighted by molar-refractivity contribution is -0.385. The standard InChI is InChI=1S/C12H15ClN2O4/c1-3-12(2,11(16)17)14-7-8-6-9(13)4-5-10(8)15(18)19/h4-6,14H,3,7H2,1-2H3,(H,16,17). The van der Waals surface area contributed by atoms with Crippen LogP contribution in [0.3, 0.4) is 0 Å². The Kier molecular flexibility index (Phi) is 4.85. The number of benzene rings is 1. The fourth-order valence-corrected chi connectivity index (χ4v) is 1.71. The van der Waals surface area contributed by atoms with E-state index < -0.39 is 16.4 Å². The lowest BCUT2D eigenvalue weighted by atomic mass is 9.98.